The van der Waals surface area contributed by atoms with Crippen molar-refractivity contribution in [1.82, 2.24) is 5.32 Å². The first-order valence-corrected chi connectivity index (χ1v) is 7.27. The van der Waals surface area contributed by atoms with E-state index in [0.29, 0.717) is 10.9 Å². The van der Waals surface area contributed by atoms with Crippen LogP contribution in [0.2, 0.25) is 0 Å². The van der Waals surface area contributed by atoms with Crippen LogP contribution < -0.4 is 5.32 Å². The lowest BCUT2D eigenvalue weighted by Gasteiger charge is -2.19. The standard InChI is InChI=1S/C20H19NO2/c1-14(17-13-7-11-15-8-5-6-12-18(15)17)21-20(23)19(22)16-9-3-2-4-10-16/h2-14,19,22H,1H3,(H,21,23)/t14?,19-/m1/s1/i1D3,14D. The predicted octanol–water partition coefficient (Wildman–Crippen LogP) is 3.75. The number of hydrogen-bond donors (Lipinski definition) is 2. The van der Waals surface area contributed by atoms with Crippen LogP contribution in [-0.2, 0) is 4.79 Å². The molecule has 0 spiro atoms. The van der Waals surface area contributed by atoms with Crippen LogP contribution in [-0.4, -0.2) is 11.0 Å². The van der Waals surface area contributed by atoms with Crippen LogP contribution >= 0.6 is 0 Å². The number of nitrogens with one attached hydrogen (secondary N) is 1. The molecule has 0 aliphatic rings. The molecule has 0 aliphatic carbocycles. The fraction of sp³-hybridized carbons (Fsp3) is 0.150. The average Bonchev–Trinajstić information content (AvgIpc) is 2.66. The third-order valence-corrected chi connectivity index (χ3v) is 3.67. The molecule has 0 heterocycles. The number of aliphatic hydroxyl groups excluding tert-OH is 1. The van der Waals surface area contributed by atoms with E-state index < -0.39 is 24.9 Å². The number of benzene rings is 3. The SMILES string of the molecule is [2H]C([2H])([2H])C([2H])(NC(=O)[C@H](O)c1ccccc1)c1cccc2ccccc12. The summed E-state index contributed by atoms with van der Waals surface area (Å²) in [5, 5.41) is 13.9. The van der Waals surface area contributed by atoms with Crippen molar-refractivity contribution in [2.24, 2.45) is 0 Å². The second-order valence-electron chi connectivity index (χ2n) is 5.20. The summed E-state index contributed by atoms with van der Waals surface area (Å²) in [4.78, 5) is 12.6. The summed E-state index contributed by atoms with van der Waals surface area (Å²) in [6, 6.07) is 17.8. The van der Waals surface area contributed by atoms with E-state index in [1.807, 2.05) is 6.07 Å². The Labute approximate surface area is 141 Å². The molecule has 1 unspecified atom stereocenters. The third kappa shape index (κ3) is 3.25. The van der Waals surface area contributed by atoms with Crippen molar-refractivity contribution in [3.63, 3.8) is 0 Å². The number of fused-ring (bicyclic) bond motifs is 1. The fourth-order valence-corrected chi connectivity index (χ4v) is 2.49. The Balaban J connectivity index is 2.05. The molecule has 0 aliphatic heterocycles. The minimum absolute atomic E-state index is 0.147. The zero-order valence-electron chi connectivity index (χ0n) is 16.4. The van der Waals surface area contributed by atoms with Crippen LogP contribution in [0, 0.1) is 0 Å². The molecule has 3 heteroatoms. The van der Waals surface area contributed by atoms with E-state index in [4.69, 9.17) is 5.48 Å². The number of aliphatic hydroxyl groups is 1. The Morgan fingerprint density at radius 1 is 1.04 bits per heavy atom. The van der Waals surface area contributed by atoms with Crippen molar-refractivity contribution in [2.75, 3.05) is 0 Å². The molecule has 1 amide bonds. The van der Waals surface area contributed by atoms with Crippen LogP contribution in [0.4, 0.5) is 0 Å². The first kappa shape index (κ1) is 11.0. The molecule has 0 aromatic heterocycles. The van der Waals surface area contributed by atoms with E-state index >= 15 is 0 Å². The summed E-state index contributed by atoms with van der Waals surface area (Å²) >= 11 is 0. The van der Waals surface area contributed by atoms with Gasteiger partial charge in [-0.15, -0.1) is 0 Å². The first-order valence-electron chi connectivity index (χ1n) is 9.27. The molecular weight excluding hydrogens is 286 g/mol. The van der Waals surface area contributed by atoms with Gasteiger partial charge in [-0.05, 0) is 28.8 Å². The van der Waals surface area contributed by atoms with Crippen LogP contribution in [0.3, 0.4) is 0 Å². The molecule has 116 valence electrons. The number of carbonyl (C=O) groups is 1. The van der Waals surface area contributed by atoms with Gasteiger partial charge in [0.2, 0.25) is 0 Å². The molecule has 0 saturated carbocycles. The first-order chi connectivity index (χ1) is 12.7. The van der Waals surface area contributed by atoms with E-state index in [2.05, 4.69) is 5.32 Å². The Morgan fingerprint density at radius 2 is 1.74 bits per heavy atom. The highest BCUT2D eigenvalue weighted by atomic mass is 16.3. The van der Waals surface area contributed by atoms with Gasteiger partial charge in [-0.2, -0.15) is 0 Å². The molecule has 2 N–H and O–H groups in total. The van der Waals surface area contributed by atoms with Crippen LogP contribution in [0.25, 0.3) is 10.8 Å². The topological polar surface area (TPSA) is 49.3 Å². The molecule has 2 atom stereocenters. The van der Waals surface area contributed by atoms with E-state index in [9.17, 15) is 9.90 Å². The Kier molecular flexibility index (Phi) is 3.16. The van der Waals surface area contributed by atoms with Gasteiger partial charge in [-0.25, -0.2) is 0 Å². The number of rotatable bonds is 4. The maximum Gasteiger partial charge on any atom is 0.253 e. The molecule has 0 saturated heterocycles. The zero-order chi connectivity index (χ0) is 19.7. The minimum atomic E-state index is -2.86. The Bertz CT molecular complexity index is 954. The Morgan fingerprint density at radius 3 is 2.52 bits per heavy atom. The average molecular weight is 309 g/mol. The summed E-state index contributed by atoms with van der Waals surface area (Å²) in [5.74, 6) is -0.944. The molecule has 23 heavy (non-hydrogen) atoms. The van der Waals surface area contributed by atoms with Gasteiger partial charge in [0, 0.05) is 4.11 Å². The lowest BCUT2D eigenvalue weighted by molar-refractivity contribution is -0.130. The number of carbonyl (C=O) groups excluding carboxylic acids is 1. The maximum atomic E-state index is 12.6. The number of hydrogen-bond acceptors (Lipinski definition) is 2. The maximum absolute atomic E-state index is 12.6. The number of amides is 1. The van der Waals surface area contributed by atoms with Gasteiger partial charge in [0.25, 0.3) is 5.91 Å². The minimum Gasteiger partial charge on any atom is -0.378 e. The van der Waals surface area contributed by atoms with E-state index in [1.54, 1.807) is 60.7 Å². The molecular formula is C20H19NO2. The van der Waals surface area contributed by atoms with Gasteiger partial charge in [0.05, 0.1) is 7.39 Å². The van der Waals surface area contributed by atoms with Crippen molar-refractivity contribution in [3.8, 4) is 0 Å². The molecule has 0 fully saturated rings. The molecule has 0 radical (unpaired) electrons. The van der Waals surface area contributed by atoms with E-state index in [0.717, 1.165) is 5.39 Å². The highest BCUT2D eigenvalue weighted by Gasteiger charge is 2.20. The Hall–Kier alpha value is -2.65. The van der Waals surface area contributed by atoms with E-state index in [1.165, 1.54) is 6.07 Å². The second-order valence-corrected chi connectivity index (χ2v) is 5.20. The van der Waals surface area contributed by atoms with Gasteiger partial charge in [0.1, 0.15) is 0 Å². The summed E-state index contributed by atoms with van der Waals surface area (Å²) in [6.45, 7) is -2.86. The van der Waals surface area contributed by atoms with Crippen molar-refractivity contribution < 1.29 is 15.4 Å². The molecule has 3 aromatic carbocycles. The molecule has 3 aromatic rings. The van der Waals surface area contributed by atoms with Crippen LogP contribution in [0.5, 0.6) is 0 Å². The van der Waals surface area contributed by atoms with Crippen molar-refractivity contribution in [2.45, 2.75) is 19.0 Å². The summed E-state index contributed by atoms with van der Waals surface area (Å²) in [7, 11) is 0. The molecule has 3 nitrogen and oxygen atoms in total. The summed E-state index contributed by atoms with van der Waals surface area (Å²) in [6.07, 6.45) is -1.58. The third-order valence-electron chi connectivity index (χ3n) is 3.67. The summed E-state index contributed by atoms with van der Waals surface area (Å²) < 4.78 is 32.3. The fourth-order valence-electron chi connectivity index (χ4n) is 2.49. The van der Waals surface area contributed by atoms with Gasteiger partial charge >= 0.3 is 0 Å². The van der Waals surface area contributed by atoms with Gasteiger partial charge in [0.15, 0.2) is 6.10 Å². The predicted molar refractivity (Wildman–Crippen MR) is 91.9 cm³/mol. The largest absolute Gasteiger partial charge is 0.378 e. The van der Waals surface area contributed by atoms with Crippen LogP contribution in [0.1, 0.15) is 35.6 Å². The second kappa shape index (κ2) is 6.63. The molecule has 0 bridgehead atoms. The van der Waals surface area contributed by atoms with Crippen LogP contribution in [0.15, 0.2) is 72.8 Å². The van der Waals surface area contributed by atoms with Crippen molar-refractivity contribution >= 4 is 16.7 Å². The lowest BCUT2D eigenvalue weighted by atomic mass is 9.99. The lowest BCUT2D eigenvalue weighted by Crippen LogP contribution is -2.31. The monoisotopic (exact) mass is 309 g/mol. The zero-order valence-corrected chi connectivity index (χ0v) is 12.4. The van der Waals surface area contributed by atoms with Crippen molar-refractivity contribution in [3.05, 3.63) is 83.9 Å². The highest BCUT2D eigenvalue weighted by Crippen LogP contribution is 2.24. The van der Waals surface area contributed by atoms with Gasteiger partial charge in [-0.3, -0.25) is 4.79 Å². The normalized spacial score (nSPS) is 18.0. The van der Waals surface area contributed by atoms with E-state index in [-0.39, 0.29) is 5.56 Å². The van der Waals surface area contributed by atoms with Gasteiger partial charge < -0.3 is 10.4 Å². The van der Waals surface area contributed by atoms with Gasteiger partial charge in [-0.1, -0.05) is 72.8 Å². The highest BCUT2D eigenvalue weighted by molar-refractivity contribution is 5.87. The quantitative estimate of drug-likeness (QED) is 0.771. The van der Waals surface area contributed by atoms with Crippen molar-refractivity contribution in [1.29, 1.82) is 0 Å². The molecule has 3 rings (SSSR count). The summed E-state index contributed by atoms with van der Waals surface area (Å²) in [5.41, 5.74) is 0.468. The smallest absolute Gasteiger partial charge is 0.253 e.